The maximum absolute atomic E-state index is 9.87. The van der Waals surface area contributed by atoms with Gasteiger partial charge in [0.2, 0.25) is 0 Å². The summed E-state index contributed by atoms with van der Waals surface area (Å²) in [6.45, 7) is 1.90. The third-order valence-corrected chi connectivity index (χ3v) is 3.44. The van der Waals surface area contributed by atoms with Gasteiger partial charge in [0.1, 0.15) is 0 Å². The molecule has 2 aromatic rings. The highest BCUT2D eigenvalue weighted by Crippen LogP contribution is 2.24. The van der Waals surface area contributed by atoms with Crippen LogP contribution in [-0.4, -0.2) is 18.8 Å². The van der Waals surface area contributed by atoms with Crippen LogP contribution in [0.25, 0.3) is 0 Å². The van der Waals surface area contributed by atoms with Crippen molar-refractivity contribution in [3.8, 4) is 0 Å². The number of hydrogen-bond acceptors (Lipinski definition) is 6. The number of aliphatic hydroxyl groups excluding tert-OH is 1. The van der Waals surface area contributed by atoms with Crippen molar-refractivity contribution in [3.63, 3.8) is 0 Å². The zero-order chi connectivity index (χ0) is 9.97. The number of rotatable bonds is 3. The summed E-state index contributed by atoms with van der Waals surface area (Å²) in [5.74, 6) is 0. The van der Waals surface area contributed by atoms with Gasteiger partial charge < -0.3 is 5.11 Å². The Morgan fingerprint density at radius 3 is 3.00 bits per heavy atom. The summed E-state index contributed by atoms with van der Waals surface area (Å²) >= 11 is 2.63. The fourth-order valence-corrected chi connectivity index (χ4v) is 2.43. The number of thiazole rings is 1. The molecule has 0 bridgehead atoms. The van der Waals surface area contributed by atoms with Gasteiger partial charge in [-0.25, -0.2) is 4.98 Å². The second-order valence-electron chi connectivity index (χ2n) is 2.92. The first-order valence-corrected chi connectivity index (χ1v) is 5.73. The van der Waals surface area contributed by atoms with Gasteiger partial charge in [-0.3, -0.25) is 0 Å². The maximum atomic E-state index is 9.87. The monoisotopic (exact) mass is 227 g/mol. The van der Waals surface area contributed by atoms with E-state index in [0.717, 1.165) is 28.0 Å². The smallest absolute Gasteiger partial charge is 0.0957 e. The van der Waals surface area contributed by atoms with Gasteiger partial charge in [0.25, 0.3) is 0 Å². The van der Waals surface area contributed by atoms with Crippen molar-refractivity contribution < 1.29 is 5.11 Å². The second-order valence-corrected chi connectivity index (χ2v) is 4.36. The summed E-state index contributed by atoms with van der Waals surface area (Å²) in [6, 6.07) is 0. The summed E-state index contributed by atoms with van der Waals surface area (Å²) in [4.78, 5) is 5.01. The molecule has 0 amide bonds. The molecule has 0 radical (unpaired) electrons. The van der Waals surface area contributed by atoms with Crippen molar-refractivity contribution in [3.05, 3.63) is 28.0 Å². The first-order chi connectivity index (χ1) is 6.77. The normalized spacial score (nSPS) is 13.0. The van der Waals surface area contributed by atoms with E-state index in [0.29, 0.717) is 6.42 Å². The summed E-state index contributed by atoms with van der Waals surface area (Å²) in [5, 5.41) is 9.87. The number of nitrogens with zero attached hydrogens (tertiary/aromatic N) is 3. The van der Waals surface area contributed by atoms with E-state index in [1.807, 2.05) is 6.92 Å². The van der Waals surface area contributed by atoms with Crippen LogP contribution in [0.4, 0.5) is 0 Å². The maximum Gasteiger partial charge on any atom is 0.0957 e. The van der Waals surface area contributed by atoms with Gasteiger partial charge in [-0.05, 0) is 6.92 Å². The van der Waals surface area contributed by atoms with Gasteiger partial charge in [0.15, 0.2) is 0 Å². The molecule has 1 atom stereocenters. The van der Waals surface area contributed by atoms with Crippen molar-refractivity contribution in [1.82, 2.24) is 13.7 Å². The van der Waals surface area contributed by atoms with Gasteiger partial charge in [-0.1, -0.05) is 0 Å². The molecule has 0 saturated heterocycles. The molecule has 14 heavy (non-hydrogen) atoms. The van der Waals surface area contributed by atoms with E-state index >= 15 is 0 Å². The van der Waals surface area contributed by atoms with E-state index in [-0.39, 0.29) is 0 Å². The van der Waals surface area contributed by atoms with Crippen LogP contribution in [0.15, 0.2) is 11.7 Å². The Morgan fingerprint density at radius 2 is 2.43 bits per heavy atom. The number of aromatic nitrogens is 3. The molecular weight excluding hydrogens is 218 g/mol. The van der Waals surface area contributed by atoms with Crippen molar-refractivity contribution in [1.29, 1.82) is 0 Å². The molecule has 1 N–H and O–H groups in total. The van der Waals surface area contributed by atoms with E-state index < -0.39 is 6.10 Å². The molecule has 74 valence electrons. The van der Waals surface area contributed by atoms with Crippen molar-refractivity contribution >= 4 is 23.1 Å². The second kappa shape index (κ2) is 4.12. The average molecular weight is 227 g/mol. The lowest BCUT2D eigenvalue weighted by atomic mass is 10.1. The zero-order valence-corrected chi connectivity index (χ0v) is 9.18. The van der Waals surface area contributed by atoms with E-state index in [9.17, 15) is 5.11 Å². The first-order valence-electron chi connectivity index (χ1n) is 4.12. The molecule has 4 nitrogen and oxygen atoms in total. The Morgan fingerprint density at radius 1 is 1.57 bits per heavy atom. The number of hydrogen-bond donors (Lipinski definition) is 1. The van der Waals surface area contributed by atoms with Gasteiger partial charge >= 0.3 is 0 Å². The topological polar surface area (TPSA) is 58.9 Å². The highest BCUT2D eigenvalue weighted by Gasteiger charge is 2.14. The van der Waals surface area contributed by atoms with Crippen molar-refractivity contribution in [2.45, 2.75) is 19.4 Å². The molecule has 0 saturated carbocycles. The summed E-state index contributed by atoms with van der Waals surface area (Å²) < 4.78 is 7.94. The minimum Gasteiger partial charge on any atom is -0.387 e. The standard InChI is InChI=1S/C8H9N3OS2/c1-5-8(13-4-9-5)7(12)2-6-3-10-14-11-6/h3-4,7,12H,2H2,1H3. The molecule has 1 unspecified atom stereocenters. The Labute approximate surface area is 89.6 Å². The molecule has 6 heteroatoms. The Balaban J connectivity index is 2.10. The van der Waals surface area contributed by atoms with Crippen LogP contribution in [0.2, 0.25) is 0 Å². The minimum atomic E-state index is -0.508. The zero-order valence-electron chi connectivity index (χ0n) is 7.54. The van der Waals surface area contributed by atoms with Crippen molar-refractivity contribution in [2.24, 2.45) is 0 Å². The van der Waals surface area contributed by atoms with E-state index in [1.54, 1.807) is 11.7 Å². The van der Waals surface area contributed by atoms with Gasteiger partial charge in [-0.15, -0.1) is 11.3 Å². The third kappa shape index (κ3) is 1.97. The third-order valence-electron chi connectivity index (χ3n) is 1.89. The lowest BCUT2D eigenvalue weighted by molar-refractivity contribution is 0.180. The SMILES string of the molecule is Cc1ncsc1C(O)Cc1cnsn1. The molecule has 0 aliphatic rings. The molecule has 2 heterocycles. The molecule has 0 aliphatic carbocycles. The van der Waals surface area contributed by atoms with Crippen LogP contribution in [-0.2, 0) is 6.42 Å². The molecule has 0 aromatic carbocycles. The van der Waals surface area contributed by atoms with Crippen LogP contribution in [0, 0.1) is 6.92 Å². The number of aryl methyl sites for hydroxylation is 1. The van der Waals surface area contributed by atoms with Gasteiger partial charge in [-0.2, -0.15) is 8.75 Å². The quantitative estimate of drug-likeness (QED) is 0.865. The summed E-state index contributed by atoms with van der Waals surface area (Å²) in [5.41, 5.74) is 3.47. The largest absolute Gasteiger partial charge is 0.387 e. The highest BCUT2D eigenvalue weighted by atomic mass is 32.1. The molecular formula is C8H9N3OS2. The van der Waals surface area contributed by atoms with Gasteiger partial charge in [0, 0.05) is 6.42 Å². The van der Waals surface area contributed by atoms with Crippen LogP contribution in [0.5, 0.6) is 0 Å². The molecule has 0 spiro atoms. The van der Waals surface area contributed by atoms with Crippen LogP contribution >= 0.6 is 23.1 Å². The molecule has 2 rings (SSSR count). The van der Waals surface area contributed by atoms with E-state index in [2.05, 4.69) is 13.7 Å². The Bertz CT molecular complexity index is 398. The fourth-order valence-electron chi connectivity index (χ4n) is 1.20. The molecule has 0 fully saturated rings. The Hall–Kier alpha value is -0.850. The highest BCUT2D eigenvalue weighted by molar-refractivity contribution is 7.09. The van der Waals surface area contributed by atoms with E-state index in [1.165, 1.54) is 11.3 Å². The fraction of sp³-hybridized carbons (Fsp3) is 0.375. The number of aliphatic hydroxyl groups is 1. The predicted octanol–water partition coefficient (Wildman–Crippen LogP) is 1.58. The molecule has 2 aromatic heterocycles. The molecule has 0 aliphatic heterocycles. The average Bonchev–Trinajstić information content (AvgIpc) is 2.75. The van der Waals surface area contributed by atoms with Crippen LogP contribution < -0.4 is 0 Å². The van der Waals surface area contributed by atoms with Crippen LogP contribution in [0.1, 0.15) is 22.4 Å². The van der Waals surface area contributed by atoms with E-state index in [4.69, 9.17) is 0 Å². The Kier molecular flexibility index (Phi) is 2.85. The minimum absolute atomic E-state index is 0.508. The van der Waals surface area contributed by atoms with Crippen LogP contribution in [0.3, 0.4) is 0 Å². The lowest BCUT2D eigenvalue weighted by Crippen LogP contribution is -2.01. The summed E-state index contributed by atoms with van der Waals surface area (Å²) in [6.07, 6.45) is 1.69. The van der Waals surface area contributed by atoms with Crippen molar-refractivity contribution in [2.75, 3.05) is 0 Å². The summed E-state index contributed by atoms with van der Waals surface area (Å²) in [7, 11) is 0. The predicted molar refractivity (Wildman–Crippen MR) is 55.4 cm³/mol. The first kappa shape index (κ1) is 9.70. The lowest BCUT2D eigenvalue weighted by Gasteiger charge is -2.06. The van der Waals surface area contributed by atoms with Gasteiger partial charge in [0.05, 0.1) is 45.8 Å².